The van der Waals surface area contributed by atoms with E-state index in [1.807, 2.05) is 4.90 Å². The fraction of sp³-hybridized carbons (Fsp3) is 0.929. The number of piperidine rings is 1. The van der Waals surface area contributed by atoms with E-state index < -0.39 is 0 Å². The Kier molecular flexibility index (Phi) is 5.45. The van der Waals surface area contributed by atoms with Crippen LogP contribution in [0.25, 0.3) is 0 Å². The number of ether oxygens (including phenoxy) is 1. The van der Waals surface area contributed by atoms with E-state index in [9.17, 15) is 4.79 Å². The van der Waals surface area contributed by atoms with Gasteiger partial charge in [0.15, 0.2) is 0 Å². The van der Waals surface area contributed by atoms with Crippen molar-refractivity contribution in [2.45, 2.75) is 32.7 Å². The van der Waals surface area contributed by atoms with Crippen molar-refractivity contribution in [3.05, 3.63) is 0 Å². The Morgan fingerprint density at radius 2 is 2.11 bits per heavy atom. The summed E-state index contributed by atoms with van der Waals surface area (Å²) in [6.45, 7) is 10.6. The van der Waals surface area contributed by atoms with Crippen molar-refractivity contribution < 1.29 is 9.53 Å². The van der Waals surface area contributed by atoms with Crippen LogP contribution in [0.3, 0.4) is 0 Å². The molecular weight excluding hydrogens is 242 g/mol. The Balaban J connectivity index is 1.71. The summed E-state index contributed by atoms with van der Waals surface area (Å²) in [4.78, 5) is 16.5. The Morgan fingerprint density at radius 1 is 1.37 bits per heavy atom. The van der Waals surface area contributed by atoms with Gasteiger partial charge in [-0.2, -0.15) is 0 Å². The molecule has 5 nitrogen and oxygen atoms in total. The van der Waals surface area contributed by atoms with E-state index in [1.165, 1.54) is 6.42 Å². The standard InChI is InChI=1S/C14H27N3O2/c1-12-4-3-5-17(10-12)14(18)15-13(2)11-16-6-8-19-9-7-16/h12-13H,3-11H2,1-2H3,(H,15,18). The van der Waals surface area contributed by atoms with Crippen LogP contribution in [0.15, 0.2) is 0 Å². The number of urea groups is 1. The van der Waals surface area contributed by atoms with E-state index in [1.54, 1.807) is 0 Å². The highest BCUT2D eigenvalue weighted by atomic mass is 16.5. The summed E-state index contributed by atoms with van der Waals surface area (Å²) in [5.74, 6) is 0.633. The Bertz CT molecular complexity index is 292. The largest absolute Gasteiger partial charge is 0.379 e. The number of likely N-dealkylation sites (tertiary alicyclic amines) is 1. The molecule has 0 bridgehead atoms. The monoisotopic (exact) mass is 269 g/mol. The molecule has 2 aliphatic rings. The maximum atomic E-state index is 12.2. The zero-order valence-corrected chi connectivity index (χ0v) is 12.2. The van der Waals surface area contributed by atoms with Crippen LogP contribution in [0.4, 0.5) is 4.79 Å². The molecule has 0 aromatic rings. The summed E-state index contributed by atoms with van der Waals surface area (Å²) in [6.07, 6.45) is 2.37. The van der Waals surface area contributed by atoms with Gasteiger partial charge in [0, 0.05) is 38.8 Å². The minimum Gasteiger partial charge on any atom is -0.379 e. The summed E-state index contributed by atoms with van der Waals surface area (Å²) < 4.78 is 5.33. The highest BCUT2D eigenvalue weighted by Gasteiger charge is 2.22. The predicted octanol–water partition coefficient (Wildman–Crippen LogP) is 1.15. The van der Waals surface area contributed by atoms with Crippen molar-refractivity contribution in [3.63, 3.8) is 0 Å². The Labute approximate surface area is 116 Å². The highest BCUT2D eigenvalue weighted by Crippen LogP contribution is 2.15. The van der Waals surface area contributed by atoms with E-state index in [2.05, 4.69) is 24.1 Å². The number of hydrogen-bond donors (Lipinski definition) is 1. The number of nitrogens with zero attached hydrogens (tertiary/aromatic N) is 2. The lowest BCUT2D eigenvalue weighted by Crippen LogP contribution is -2.51. The van der Waals surface area contributed by atoms with Crippen LogP contribution >= 0.6 is 0 Å². The molecule has 110 valence electrons. The summed E-state index contributed by atoms with van der Waals surface area (Å²) in [7, 11) is 0. The molecule has 0 radical (unpaired) electrons. The lowest BCUT2D eigenvalue weighted by molar-refractivity contribution is 0.0345. The molecule has 2 rings (SSSR count). The van der Waals surface area contributed by atoms with Gasteiger partial charge < -0.3 is 15.0 Å². The van der Waals surface area contributed by atoms with Crippen molar-refractivity contribution >= 4 is 6.03 Å². The molecule has 0 aromatic carbocycles. The quantitative estimate of drug-likeness (QED) is 0.836. The SMILES string of the molecule is CC1CCCN(C(=O)NC(C)CN2CCOCC2)C1. The molecule has 2 aliphatic heterocycles. The third-order valence-electron chi connectivity index (χ3n) is 3.95. The van der Waals surface area contributed by atoms with E-state index in [-0.39, 0.29) is 12.1 Å². The molecule has 0 saturated carbocycles. The van der Waals surface area contributed by atoms with E-state index in [4.69, 9.17) is 4.74 Å². The van der Waals surface area contributed by atoms with Gasteiger partial charge in [-0.25, -0.2) is 4.79 Å². The molecule has 0 spiro atoms. The number of carbonyl (C=O) groups is 1. The number of rotatable bonds is 3. The fourth-order valence-corrected chi connectivity index (χ4v) is 2.89. The molecule has 1 N–H and O–H groups in total. The third-order valence-corrected chi connectivity index (χ3v) is 3.95. The van der Waals surface area contributed by atoms with E-state index in [0.717, 1.165) is 52.4 Å². The average Bonchev–Trinajstić information content (AvgIpc) is 2.39. The van der Waals surface area contributed by atoms with E-state index in [0.29, 0.717) is 5.92 Å². The molecule has 2 amide bonds. The Morgan fingerprint density at radius 3 is 2.79 bits per heavy atom. The van der Waals surface area contributed by atoms with Crippen molar-refractivity contribution in [2.75, 3.05) is 45.9 Å². The lowest BCUT2D eigenvalue weighted by atomic mass is 10.0. The second kappa shape index (κ2) is 7.10. The normalized spacial score (nSPS) is 27.1. The van der Waals surface area contributed by atoms with Gasteiger partial charge in [0.25, 0.3) is 0 Å². The van der Waals surface area contributed by atoms with Gasteiger partial charge in [0.05, 0.1) is 13.2 Å². The zero-order valence-electron chi connectivity index (χ0n) is 12.2. The number of nitrogens with one attached hydrogen (secondary N) is 1. The summed E-state index contributed by atoms with van der Waals surface area (Å²) >= 11 is 0. The number of amides is 2. The van der Waals surface area contributed by atoms with Gasteiger partial charge in [0.1, 0.15) is 0 Å². The first-order chi connectivity index (χ1) is 9.15. The van der Waals surface area contributed by atoms with E-state index >= 15 is 0 Å². The maximum absolute atomic E-state index is 12.2. The second-order valence-electron chi connectivity index (χ2n) is 5.96. The van der Waals surface area contributed by atoms with Gasteiger partial charge in [-0.05, 0) is 25.7 Å². The van der Waals surface area contributed by atoms with Gasteiger partial charge in [-0.15, -0.1) is 0 Å². The van der Waals surface area contributed by atoms with Crippen molar-refractivity contribution in [1.29, 1.82) is 0 Å². The molecule has 2 heterocycles. The number of hydrogen-bond acceptors (Lipinski definition) is 3. The van der Waals surface area contributed by atoms with Gasteiger partial charge >= 0.3 is 6.03 Å². The topological polar surface area (TPSA) is 44.8 Å². The Hall–Kier alpha value is -0.810. The fourth-order valence-electron chi connectivity index (χ4n) is 2.89. The molecule has 2 atom stereocenters. The minimum absolute atomic E-state index is 0.104. The van der Waals surface area contributed by atoms with Gasteiger partial charge in [-0.1, -0.05) is 6.92 Å². The zero-order chi connectivity index (χ0) is 13.7. The van der Waals surface area contributed by atoms with Crippen LogP contribution in [0.5, 0.6) is 0 Å². The van der Waals surface area contributed by atoms with Crippen LogP contribution < -0.4 is 5.32 Å². The second-order valence-corrected chi connectivity index (χ2v) is 5.96. The van der Waals surface area contributed by atoms with Crippen LogP contribution in [0.1, 0.15) is 26.7 Å². The number of morpholine rings is 1. The van der Waals surface area contributed by atoms with Crippen LogP contribution in [0, 0.1) is 5.92 Å². The van der Waals surface area contributed by atoms with Crippen LogP contribution in [-0.4, -0.2) is 67.8 Å². The van der Waals surface area contributed by atoms with Crippen LogP contribution in [-0.2, 0) is 4.74 Å². The smallest absolute Gasteiger partial charge is 0.317 e. The van der Waals surface area contributed by atoms with Crippen molar-refractivity contribution in [3.8, 4) is 0 Å². The van der Waals surface area contributed by atoms with Crippen molar-refractivity contribution in [1.82, 2.24) is 15.1 Å². The number of carbonyl (C=O) groups excluding carboxylic acids is 1. The predicted molar refractivity (Wildman–Crippen MR) is 75.2 cm³/mol. The summed E-state index contributed by atoms with van der Waals surface area (Å²) in [6, 6.07) is 0.301. The first-order valence-corrected chi connectivity index (χ1v) is 7.50. The average molecular weight is 269 g/mol. The molecule has 2 unspecified atom stereocenters. The molecule has 2 fully saturated rings. The first-order valence-electron chi connectivity index (χ1n) is 7.50. The third kappa shape index (κ3) is 4.66. The lowest BCUT2D eigenvalue weighted by Gasteiger charge is -2.33. The summed E-state index contributed by atoms with van der Waals surface area (Å²) in [5.41, 5.74) is 0. The summed E-state index contributed by atoms with van der Waals surface area (Å²) in [5, 5.41) is 3.12. The molecule has 0 aromatic heterocycles. The highest BCUT2D eigenvalue weighted by molar-refractivity contribution is 5.74. The van der Waals surface area contributed by atoms with Crippen LogP contribution in [0.2, 0.25) is 0 Å². The minimum atomic E-state index is 0.104. The molecule has 19 heavy (non-hydrogen) atoms. The van der Waals surface area contributed by atoms with Gasteiger partial charge in [-0.3, -0.25) is 4.90 Å². The molecule has 2 saturated heterocycles. The van der Waals surface area contributed by atoms with Crippen molar-refractivity contribution in [2.24, 2.45) is 5.92 Å². The maximum Gasteiger partial charge on any atom is 0.317 e. The molecule has 0 aliphatic carbocycles. The van der Waals surface area contributed by atoms with Gasteiger partial charge in [0.2, 0.25) is 0 Å². The molecular formula is C14H27N3O2. The molecule has 5 heteroatoms. The first kappa shape index (κ1) is 14.6.